The molecule has 1 nitrogen and oxygen atoms in total. The Balaban J connectivity index is 2.80. The van der Waals surface area contributed by atoms with Crippen molar-refractivity contribution in [2.45, 2.75) is 11.1 Å². The molecule has 0 saturated carbocycles. The number of thioether (sulfide) groups is 1. The first-order valence-electron chi connectivity index (χ1n) is 4.41. The number of anilines is 1. The smallest absolute Gasteiger partial charge is 0.398 e. The van der Waals surface area contributed by atoms with Crippen molar-refractivity contribution in [3.63, 3.8) is 0 Å². The molecule has 0 spiro atoms. The summed E-state index contributed by atoms with van der Waals surface area (Å²) in [6, 6.07) is 6.15. The number of nitrogens with two attached hydrogens (primary N) is 1. The lowest BCUT2D eigenvalue weighted by Crippen LogP contribution is -2.15. The van der Waals surface area contributed by atoms with E-state index in [2.05, 4.69) is 0 Å². The predicted molar refractivity (Wildman–Crippen MR) is 56.9 cm³/mol. The first-order chi connectivity index (χ1) is 7.82. The van der Waals surface area contributed by atoms with Crippen molar-refractivity contribution in [2.24, 2.45) is 0 Å². The number of benzene rings is 1. The van der Waals surface area contributed by atoms with Crippen LogP contribution in [-0.2, 0) is 0 Å². The van der Waals surface area contributed by atoms with Gasteiger partial charge in [-0.2, -0.15) is 22.0 Å². The van der Waals surface area contributed by atoms with Crippen molar-refractivity contribution < 1.29 is 22.0 Å². The molecule has 0 fully saturated rings. The van der Waals surface area contributed by atoms with Crippen molar-refractivity contribution >= 4 is 17.4 Å². The fourth-order valence-electron chi connectivity index (χ4n) is 1.01. The van der Waals surface area contributed by atoms with Crippen LogP contribution < -0.4 is 5.73 Å². The number of rotatable bonds is 3. The molecule has 1 aromatic carbocycles. The molecule has 1 rings (SSSR count). The molecule has 0 bridgehead atoms. The zero-order valence-corrected chi connectivity index (χ0v) is 9.21. The van der Waals surface area contributed by atoms with E-state index in [0.29, 0.717) is 16.7 Å². The van der Waals surface area contributed by atoms with Crippen LogP contribution in [0, 0.1) is 0 Å². The molecule has 94 valence electrons. The van der Waals surface area contributed by atoms with Crippen LogP contribution in [0.4, 0.5) is 27.6 Å². The molecule has 0 aliphatic heterocycles. The second kappa shape index (κ2) is 5.39. The van der Waals surface area contributed by atoms with Crippen LogP contribution in [0.25, 0.3) is 0 Å². The van der Waals surface area contributed by atoms with E-state index in [0.717, 1.165) is 0 Å². The highest BCUT2D eigenvalue weighted by molar-refractivity contribution is 7.99. The minimum atomic E-state index is -5.02. The molecule has 2 N–H and O–H groups in total. The second-order valence-corrected chi connectivity index (χ2v) is 4.08. The van der Waals surface area contributed by atoms with Crippen molar-refractivity contribution in [1.82, 2.24) is 0 Å². The molecule has 0 saturated heterocycles. The largest absolute Gasteiger partial charge is 0.418 e. The summed E-state index contributed by atoms with van der Waals surface area (Å²) in [5.41, 5.74) is 3.92. The van der Waals surface area contributed by atoms with Gasteiger partial charge in [0.25, 0.3) is 6.08 Å². The standard InChI is InChI=1S/C10H8F5NS/c11-9(12)6(10(13,14)15)5-17-8-4-2-1-3-7(8)16/h1-4H,5,16H2. The van der Waals surface area contributed by atoms with Gasteiger partial charge in [-0.3, -0.25) is 0 Å². The van der Waals surface area contributed by atoms with Crippen molar-refractivity contribution in [2.75, 3.05) is 11.5 Å². The van der Waals surface area contributed by atoms with E-state index in [-0.39, 0.29) is 5.69 Å². The highest BCUT2D eigenvalue weighted by Gasteiger charge is 2.37. The van der Waals surface area contributed by atoms with E-state index in [4.69, 9.17) is 5.73 Å². The van der Waals surface area contributed by atoms with Crippen LogP contribution >= 0.6 is 11.8 Å². The lowest BCUT2D eigenvalue weighted by molar-refractivity contribution is -0.0942. The lowest BCUT2D eigenvalue weighted by atomic mass is 10.3. The first-order valence-corrected chi connectivity index (χ1v) is 5.39. The van der Waals surface area contributed by atoms with E-state index in [1.54, 1.807) is 12.1 Å². The third-order valence-electron chi connectivity index (χ3n) is 1.86. The fraction of sp³-hybridized carbons (Fsp3) is 0.200. The highest BCUT2D eigenvalue weighted by Crippen LogP contribution is 2.35. The summed E-state index contributed by atoms with van der Waals surface area (Å²) in [5, 5.41) is 0. The average molecular weight is 269 g/mol. The van der Waals surface area contributed by atoms with Crippen LogP contribution in [0.1, 0.15) is 0 Å². The summed E-state index contributed by atoms with van der Waals surface area (Å²) in [4.78, 5) is 0.343. The molecule has 7 heteroatoms. The van der Waals surface area contributed by atoms with Gasteiger partial charge < -0.3 is 5.73 Å². The maximum absolute atomic E-state index is 12.2. The van der Waals surface area contributed by atoms with E-state index >= 15 is 0 Å². The summed E-state index contributed by atoms with van der Waals surface area (Å²) >= 11 is 0.627. The van der Waals surface area contributed by atoms with Crippen LogP contribution in [0.5, 0.6) is 0 Å². The van der Waals surface area contributed by atoms with Gasteiger partial charge in [-0.15, -0.1) is 11.8 Å². The van der Waals surface area contributed by atoms with Crippen molar-refractivity contribution in [3.8, 4) is 0 Å². The molecule has 0 aliphatic rings. The first kappa shape index (κ1) is 13.8. The van der Waals surface area contributed by atoms with Gasteiger partial charge in [0.15, 0.2) is 0 Å². The number of hydrogen-bond acceptors (Lipinski definition) is 2. The summed E-state index contributed by atoms with van der Waals surface area (Å²) < 4.78 is 60.8. The molecule has 17 heavy (non-hydrogen) atoms. The van der Waals surface area contributed by atoms with Crippen molar-refractivity contribution in [1.29, 1.82) is 0 Å². The Hall–Kier alpha value is -1.24. The van der Waals surface area contributed by atoms with Crippen LogP contribution in [0.2, 0.25) is 0 Å². The summed E-state index contributed by atoms with van der Waals surface area (Å²) in [6.07, 6.45) is -7.73. The van der Waals surface area contributed by atoms with E-state index in [1.807, 2.05) is 0 Å². The number of nitrogen functional groups attached to an aromatic ring is 1. The van der Waals surface area contributed by atoms with Gasteiger partial charge >= 0.3 is 6.18 Å². The second-order valence-electron chi connectivity index (χ2n) is 3.06. The third kappa shape index (κ3) is 3.92. The minimum Gasteiger partial charge on any atom is -0.398 e. The molecule has 0 amide bonds. The van der Waals surface area contributed by atoms with Crippen LogP contribution in [0.3, 0.4) is 0 Å². The van der Waals surface area contributed by atoms with E-state index in [9.17, 15) is 22.0 Å². The number of alkyl halides is 3. The molecular formula is C10H8F5NS. The molecular weight excluding hydrogens is 261 g/mol. The van der Waals surface area contributed by atoms with Gasteiger partial charge in [0, 0.05) is 16.3 Å². The molecule has 0 aromatic heterocycles. The maximum atomic E-state index is 12.2. The third-order valence-corrected chi connectivity index (χ3v) is 2.98. The Morgan fingerprint density at radius 1 is 1.18 bits per heavy atom. The SMILES string of the molecule is Nc1ccccc1SCC(=C(F)F)C(F)(F)F. The predicted octanol–water partition coefficient (Wildman–Crippen LogP) is 4.07. The summed E-state index contributed by atoms with van der Waals surface area (Å²) in [7, 11) is 0. The average Bonchev–Trinajstić information content (AvgIpc) is 2.18. The van der Waals surface area contributed by atoms with E-state index < -0.39 is 23.6 Å². The molecule has 0 heterocycles. The molecule has 1 aromatic rings. The zero-order chi connectivity index (χ0) is 13.1. The van der Waals surface area contributed by atoms with Crippen LogP contribution in [-0.4, -0.2) is 11.9 Å². The molecule has 0 radical (unpaired) electrons. The Bertz CT molecular complexity index is 423. The maximum Gasteiger partial charge on any atom is 0.418 e. The van der Waals surface area contributed by atoms with Gasteiger partial charge in [-0.05, 0) is 12.1 Å². The van der Waals surface area contributed by atoms with Gasteiger partial charge in [-0.1, -0.05) is 12.1 Å². The normalized spacial score (nSPS) is 11.4. The van der Waals surface area contributed by atoms with Crippen LogP contribution in [0.15, 0.2) is 40.8 Å². The highest BCUT2D eigenvalue weighted by atomic mass is 32.2. The van der Waals surface area contributed by atoms with Gasteiger partial charge in [-0.25, -0.2) is 0 Å². The Morgan fingerprint density at radius 2 is 1.76 bits per heavy atom. The molecule has 0 unspecified atom stereocenters. The lowest BCUT2D eigenvalue weighted by Gasteiger charge is -2.10. The quantitative estimate of drug-likeness (QED) is 0.508. The Kier molecular flexibility index (Phi) is 4.39. The monoisotopic (exact) mass is 269 g/mol. The topological polar surface area (TPSA) is 26.0 Å². The molecule has 0 aliphatic carbocycles. The van der Waals surface area contributed by atoms with Gasteiger partial charge in [0.2, 0.25) is 0 Å². The minimum absolute atomic E-state index is 0.262. The number of halogens is 5. The zero-order valence-electron chi connectivity index (χ0n) is 8.39. The van der Waals surface area contributed by atoms with Crippen molar-refractivity contribution in [3.05, 3.63) is 35.9 Å². The number of para-hydroxylation sites is 1. The molecule has 0 atom stereocenters. The number of hydrogen-bond donors (Lipinski definition) is 1. The summed E-state index contributed by atoms with van der Waals surface area (Å²) in [5.74, 6) is -0.861. The Morgan fingerprint density at radius 3 is 2.24 bits per heavy atom. The summed E-state index contributed by atoms with van der Waals surface area (Å²) in [6.45, 7) is 0. The van der Waals surface area contributed by atoms with E-state index in [1.165, 1.54) is 12.1 Å². The van der Waals surface area contributed by atoms with Gasteiger partial charge in [0.05, 0.1) is 0 Å². The van der Waals surface area contributed by atoms with Gasteiger partial charge in [0.1, 0.15) is 5.57 Å². The fourth-order valence-corrected chi connectivity index (χ4v) is 1.99. The Labute approximate surface area is 98.5 Å².